The summed E-state index contributed by atoms with van der Waals surface area (Å²) in [7, 11) is 3.18. The van der Waals surface area contributed by atoms with Gasteiger partial charge >= 0.3 is 0 Å². The van der Waals surface area contributed by atoms with Crippen LogP contribution >= 0.6 is 24.0 Å². The van der Waals surface area contributed by atoms with E-state index >= 15 is 0 Å². The lowest BCUT2D eigenvalue weighted by Crippen LogP contribution is -2.31. The quantitative estimate of drug-likeness (QED) is 0.326. The Hall–Kier alpha value is -2.49. The fourth-order valence-electron chi connectivity index (χ4n) is 2.24. The van der Waals surface area contributed by atoms with Gasteiger partial charge in [0.2, 0.25) is 5.91 Å². The molecule has 8 heteroatoms. The molecule has 0 fully saturated rings. The van der Waals surface area contributed by atoms with E-state index < -0.39 is 5.91 Å². The number of nitrogens with zero attached hydrogens (tertiary/aromatic N) is 1. The molecular formula is C18H23IN4O3. The Morgan fingerprint density at radius 3 is 2.42 bits per heavy atom. The average molecular weight is 470 g/mol. The van der Waals surface area contributed by atoms with Crippen molar-refractivity contribution in [3.05, 3.63) is 59.2 Å². The third-order valence-corrected chi connectivity index (χ3v) is 3.57. The van der Waals surface area contributed by atoms with Crippen molar-refractivity contribution in [2.45, 2.75) is 13.1 Å². The number of halogens is 1. The number of methoxy groups -OCH3 is 2. The summed E-state index contributed by atoms with van der Waals surface area (Å²) in [6.45, 7) is 0.850. The van der Waals surface area contributed by atoms with Crippen LogP contribution in [0.1, 0.15) is 21.5 Å². The highest BCUT2D eigenvalue weighted by Crippen LogP contribution is 2.27. The fraction of sp³-hybridized carbons (Fsp3) is 0.222. The molecule has 0 radical (unpaired) electrons. The van der Waals surface area contributed by atoms with Crippen LogP contribution in [0.2, 0.25) is 0 Å². The number of primary amides is 1. The van der Waals surface area contributed by atoms with Crippen molar-refractivity contribution >= 4 is 35.8 Å². The van der Waals surface area contributed by atoms with Crippen molar-refractivity contribution < 1.29 is 14.3 Å². The first kappa shape index (κ1) is 21.6. The van der Waals surface area contributed by atoms with Gasteiger partial charge in [-0.25, -0.2) is 4.99 Å². The second kappa shape index (κ2) is 10.5. The number of hydrogen-bond acceptors (Lipinski definition) is 4. The van der Waals surface area contributed by atoms with E-state index in [0.717, 1.165) is 11.1 Å². The summed E-state index contributed by atoms with van der Waals surface area (Å²) in [5.74, 6) is 1.16. The van der Waals surface area contributed by atoms with Crippen LogP contribution < -0.4 is 26.3 Å². The van der Waals surface area contributed by atoms with Gasteiger partial charge in [-0.2, -0.15) is 0 Å². The highest BCUT2D eigenvalue weighted by molar-refractivity contribution is 14.0. The lowest BCUT2D eigenvalue weighted by atomic mass is 10.1. The molecule has 0 bridgehead atoms. The van der Waals surface area contributed by atoms with E-state index in [-0.39, 0.29) is 24.0 Å². The van der Waals surface area contributed by atoms with Gasteiger partial charge in [0.25, 0.3) is 0 Å². The summed E-state index contributed by atoms with van der Waals surface area (Å²) in [5, 5.41) is 3.04. The lowest BCUT2D eigenvalue weighted by Gasteiger charge is -2.10. The fourth-order valence-corrected chi connectivity index (χ4v) is 2.24. The van der Waals surface area contributed by atoms with E-state index in [1.165, 1.54) is 0 Å². The Labute approximate surface area is 169 Å². The Morgan fingerprint density at radius 2 is 1.77 bits per heavy atom. The van der Waals surface area contributed by atoms with E-state index in [1.807, 2.05) is 24.3 Å². The maximum atomic E-state index is 11.2. The maximum absolute atomic E-state index is 11.2. The normalized spacial score (nSPS) is 10.6. The van der Waals surface area contributed by atoms with Crippen LogP contribution in [0.3, 0.4) is 0 Å². The van der Waals surface area contributed by atoms with Crippen LogP contribution in [0.25, 0.3) is 0 Å². The van der Waals surface area contributed by atoms with E-state index in [1.54, 1.807) is 32.4 Å². The van der Waals surface area contributed by atoms with Crippen LogP contribution in [-0.4, -0.2) is 26.1 Å². The van der Waals surface area contributed by atoms with Gasteiger partial charge in [0, 0.05) is 12.1 Å². The van der Waals surface area contributed by atoms with Crippen LogP contribution in [0, 0.1) is 0 Å². The molecule has 0 saturated carbocycles. The minimum absolute atomic E-state index is 0. The third kappa shape index (κ3) is 6.10. The Morgan fingerprint density at radius 1 is 1.04 bits per heavy atom. The molecule has 0 saturated heterocycles. The molecule has 0 spiro atoms. The first-order valence-electron chi connectivity index (χ1n) is 7.67. The monoisotopic (exact) mass is 470 g/mol. The van der Waals surface area contributed by atoms with E-state index in [9.17, 15) is 4.79 Å². The first-order valence-corrected chi connectivity index (χ1v) is 7.67. The zero-order valence-corrected chi connectivity index (χ0v) is 17.0. The van der Waals surface area contributed by atoms with Crippen molar-refractivity contribution in [2.75, 3.05) is 14.2 Å². The van der Waals surface area contributed by atoms with Crippen LogP contribution in [0.5, 0.6) is 11.5 Å². The minimum atomic E-state index is -0.467. The van der Waals surface area contributed by atoms with E-state index in [0.29, 0.717) is 36.1 Å². The number of carbonyl (C=O) groups excluding carboxylic acids is 1. The predicted octanol–water partition coefficient (Wildman–Crippen LogP) is 2.03. The molecule has 2 rings (SSSR count). The smallest absolute Gasteiger partial charge is 0.248 e. The lowest BCUT2D eigenvalue weighted by molar-refractivity contribution is 0.1000. The largest absolute Gasteiger partial charge is 0.493 e. The van der Waals surface area contributed by atoms with Gasteiger partial charge in [-0.1, -0.05) is 18.2 Å². The molecule has 0 atom stereocenters. The van der Waals surface area contributed by atoms with Gasteiger partial charge < -0.3 is 26.3 Å². The van der Waals surface area contributed by atoms with Crippen LogP contribution in [0.15, 0.2) is 47.5 Å². The number of benzene rings is 2. The minimum Gasteiger partial charge on any atom is -0.493 e. The standard InChI is InChI=1S/C18H22N4O3.HI/c1-24-15-7-6-13(9-16(15)25-2)11-22-18(20)21-10-12-4-3-5-14(8-12)17(19)23;/h3-9H,10-11H2,1-2H3,(H2,19,23)(H3,20,21,22);1H. The van der Waals surface area contributed by atoms with Gasteiger partial charge in [-0.3, -0.25) is 4.79 Å². The molecular weight excluding hydrogens is 447 g/mol. The average Bonchev–Trinajstić information content (AvgIpc) is 2.64. The number of carbonyl (C=O) groups is 1. The molecule has 7 nitrogen and oxygen atoms in total. The molecule has 0 aliphatic rings. The predicted molar refractivity (Wildman–Crippen MR) is 112 cm³/mol. The van der Waals surface area contributed by atoms with Gasteiger partial charge in [0.15, 0.2) is 17.5 Å². The number of amides is 1. The van der Waals surface area contributed by atoms with Gasteiger partial charge in [-0.15, -0.1) is 24.0 Å². The van der Waals surface area contributed by atoms with Crippen molar-refractivity contribution in [2.24, 2.45) is 16.5 Å². The van der Waals surface area contributed by atoms with Crippen molar-refractivity contribution in [1.82, 2.24) is 5.32 Å². The van der Waals surface area contributed by atoms with Gasteiger partial charge in [-0.05, 0) is 35.4 Å². The van der Waals surface area contributed by atoms with Crippen molar-refractivity contribution in [1.29, 1.82) is 0 Å². The Balaban J connectivity index is 0.00000338. The third-order valence-electron chi connectivity index (χ3n) is 3.57. The number of ether oxygens (including phenoxy) is 2. The highest BCUT2D eigenvalue weighted by Gasteiger charge is 2.05. The van der Waals surface area contributed by atoms with Crippen LogP contribution in [-0.2, 0) is 13.1 Å². The van der Waals surface area contributed by atoms with Crippen molar-refractivity contribution in [3.63, 3.8) is 0 Å². The molecule has 0 aliphatic heterocycles. The SMILES string of the molecule is COc1ccc(CNC(N)=NCc2cccc(C(N)=O)c2)cc1OC.I. The summed E-state index contributed by atoms with van der Waals surface area (Å²) >= 11 is 0. The first-order chi connectivity index (χ1) is 12.0. The van der Waals surface area contributed by atoms with Crippen molar-refractivity contribution in [3.8, 4) is 11.5 Å². The van der Waals surface area contributed by atoms with Gasteiger partial charge in [0.1, 0.15) is 0 Å². The molecule has 5 N–H and O–H groups in total. The number of nitrogens with one attached hydrogen (secondary N) is 1. The molecule has 0 aliphatic carbocycles. The number of aliphatic imine (C=N–C) groups is 1. The zero-order valence-electron chi connectivity index (χ0n) is 14.7. The molecule has 0 unspecified atom stereocenters. The van der Waals surface area contributed by atoms with Gasteiger partial charge in [0.05, 0.1) is 20.8 Å². The molecule has 0 heterocycles. The van der Waals surface area contributed by atoms with Crippen LogP contribution in [0.4, 0.5) is 0 Å². The van der Waals surface area contributed by atoms with E-state index in [4.69, 9.17) is 20.9 Å². The summed E-state index contributed by atoms with van der Waals surface area (Å²) in [6, 6.07) is 12.6. The summed E-state index contributed by atoms with van der Waals surface area (Å²) in [5.41, 5.74) is 13.4. The Kier molecular flexibility index (Phi) is 8.70. The number of guanidine groups is 1. The number of rotatable bonds is 7. The number of nitrogens with two attached hydrogens (primary N) is 2. The molecule has 140 valence electrons. The zero-order chi connectivity index (χ0) is 18.2. The Bertz CT molecular complexity index is 781. The molecule has 2 aromatic carbocycles. The highest BCUT2D eigenvalue weighted by atomic mass is 127. The topological polar surface area (TPSA) is 112 Å². The summed E-state index contributed by atoms with van der Waals surface area (Å²) < 4.78 is 10.5. The van der Waals surface area contributed by atoms with E-state index in [2.05, 4.69) is 10.3 Å². The second-order valence-corrected chi connectivity index (χ2v) is 5.31. The molecule has 0 aromatic heterocycles. The molecule has 1 amide bonds. The second-order valence-electron chi connectivity index (χ2n) is 5.31. The summed E-state index contributed by atoms with van der Waals surface area (Å²) in [4.78, 5) is 15.4. The molecule has 2 aromatic rings. The number of hydrogen-bond donors (Lipinski definition) is 3. The maximum Gasteiger partial charge on any atom is 0.248 e. The summed E-state index contributed by atoms with van der Waals surface area (Å²) in [6.07, 6.45) is 0. The molecule has 26 heavy (non-hydrogen) atoms.